The van der Waals surface area contributed by atoms with Crippen molar-refractivity contribution in [2.24, 2.45) is 17.8 Å². The first kappa shape index (κ1) is 19.2. The second kappa shape index (κ2) is 8.45. The maximum atomic E-state index is 14.1. The predicted molar refractivity (Wildman–Crippen MR) is 93.1 cm³/mol. The molecule has 2 saturated carbocycles. The minimum atomic E-state index is -2.14. The molecular weight excluding hydrogens is 344 g/mol. The fraction of sp³-hybridized carbons (Fsp3) is 0.619. The lowest BCUT2D eigenvalue weighted by molar-refractivity contribution is 0.165. The Morgan fingerprint density at radius 1 is 0.885 bits per heavy atom. The second-order valence-electron chi connectivity index (χ2n) is 7.97. The van der Waals surface area contributed by atoms with Gasteiger partial charge in [-0.1, -0.05) is 19.8 Å². The summed E-state index contributed by atoms with van der Waals surface area (Å²) in [5, 5.41) is 0. The lowest BCUT2D eigenvalue weighted by Gasteiger charge is -2.37. The molecule has 0 aromatic heterocycles. The normalized spacial score (nSPS) is 29.3. The number of ether oxygens (including phenoxy) is 1. The first-order valence-electron chi connectivity index (χ1n) is 9.60. The van der Waals surface area contributed by atoms with Gasteiger partial charge in [0.15, 0.2) is 23.6 Å². The Balaban J connectivity index is 1.61. The van der Waals surface area contributed by atoms with E-state index in [1.54, 1.807) is 0 Å². The van der Waals surface area contributed by atoms with Crippen molar-refractivity contribution in [3.05, 3.63) is 41.7 Å². The zero-order chi connectivity index (χ0) is 18.7. The van der Waals surface area contributed by atoms with Crippen LogP contribution < -0.4 is 4.74 Å². The molecule has 0 amide bonds. The van der Waals surface area contributed by atoms with Crippen LogP contribution in [0, 0.1) is 29.4 Å². The Hall–Kier alpha value is -1.52. The molecule has 2 aliphatic rings. The quantitative estimate of drug-likeness (QED) is 0.403. The highest BCUT2D eigenvalue weighted by Crippen LogP contribution is 2.44. The third-order valence-corrected chi connectivity index (χ3v) is 6.26. The first-order valence-corrected chi connectivity index (χ1v) is 9.60. The minimum Gasteiger partial charge on any atom is -0.453 e. The van der Waals surface area contributed by atoms with Gasteiger partial charge in [-0.2, -0.15) is 8.78 Å². The Labute approximate surface area is 152 Å². The van der Waals surface area contributed by atoms with Crippen molar-refractivity contribution in [3.8, 4) is 5.75 Å². The molecule has 0 unspecified atom stereocenters. The van der Waals surface area contributed by atoms with Crippen LogP contribution in [0.25, 0.3) is 0 Å². The maximum absolute atomic E-state index is 14.1. The highest BCUT2D eigenvalue weighted by molar-refractivity contribution is 5.34. The van der Waals surface area contributed by atoms with Crippen LogP contribution >= 0.6 is 0 Å². The molecule has 0 bridgehead atoms. The average Bonchev–Trinajstić information content (AvgIpc) is 2.61. The van der Waals surface area contributed by atoms with E-state index in [1.807, 2.05) is 0 Å². The van der Waals surface area contributed by atoms with Gasteiger partial charge in [-0.05, 0) is 79.9 Å². The Morgan fingerprint density at radius 2 is 1.38 bits per heavy atom. The van der Waals surface area contributed by atoms with Gasteiger partial charge in [-0.3, -0.25) is 0 Å². The zero-order valence-electron chi connectivity index (χ0n) is 15.1. The summed E-state index contributed by atoms with van der Waals surface area (Å²) in [6.45, 7) is 2.32. The van der Waals surface area contributed by atoms with E-state index in [4.69, 9.17) is 0 Å². The number of hydrogen-bond donors (Lipinski definition) is 0. The monoisotopic (exact) mass is 370 g/mol. The summed E-state index contributed by atoms with van der Waals surface area (Å²) in [5.74, 6) is -0.129. The van der Waals surface area contributed by atoms with Crippen LogP contribution in [0.3, 0.4) is 0 Å². The second-order valence-corrected chi connectivity index (χ2v) is 7.97. The summed E-state index contributed by atoms with van der Waals surface area (Å²) in [5.41, 5.74) is 0.604. The molecular formula is C21H26F4O. The molecule has 0 heterocycles. The molecule has 5 heteroatoms. The van der Waals surface area contributed by atoms with E-state index in [2.05, 4.69) is 11.7 Å². The lowest BCUT2D eigenvalue weighted by Crippen LogP contribution is -2.24. The molecule has 144 valence electrons. The van der Waals surface area contributed by atoms with Gasteiger partial charge in [-0.15, -0.1) is 0 Å². The van der Waals surface area contributed by atoms with Crippen molar-refractivity contribution in [2.45, 2.75) is 64.2 Å². The van der Waals surface area contributed by atoms with Crippen molar-refractivity contribution < 1.29 is 22.3 Å². The summed E-state index contributed by atoms with van der Waals surface area (Å²) in [4.78, 5) is 0. The van der Waals surface area contributed by atoms with E-state index in [9.17, 15) is 17.6 Å². The topological polar surface area (TPSA) is 9.23 Å². The molecule has 0 aliphatic heterocycles. The van der Waals surface area contributed by atoms with Crippen LogP contribution in [0.2, 0.25) is 0 Å². The van der Waals surface area contributed by atoms with E-state index < -0.39 is 23.5 Å². The van der Waals surface area contributed by atoms with E-state index in [0.29, 0.717) is 5.56 Å². The molecule has 2 aliphatic carbocycles. The van der Waals surface area contributed by atoms with Gasteiger partial charge in [0.2, 0.25) is 0 Å². The summed E-state index contributed by atoms with van der Waals surface area (Å²) < 4.78 is 56.7. The van der Waals surface area contributed by atoms with Crippen LogP contribution in [0.15, 0.2) is 24.5 Å². The van der Waals surface area contributed by atoms with Gasteiger partial charge in [-0.25, -0.2) is 8.78 Å². The van der Waals surface area contributed by atoms with E-state index in [-0.39, 0.29) is 12.2 Å². The van der Waals surface area contributed by atoms with Crippen molar-refractivity contribution in [2.75, 3.05) is 0 Å². The molecule has 0 N–H and O–H groups in total. The molecule has 0 atom stereocenters. The fourth-order valence-electron chi connectivity index (χ4n) is 4.71. The third-order valence-electron chi connectivity index (χ3n) is 6.26. The molecule has 26 heavy (non-hydrogen) atoms. The Bertz CT molecular complexity index is 614. The van der Waals surface area contributed by atoms with E-state index >= 15 is 0 Å². The predicted octanol–water partition coefficient (Wildman–Crippen LogP) is 7.18. The molecule has 1 nitrogen and oxygen atoms in total. The largest absolute Gasteiger partial charge is 0.453 e. The van der Waals surface area contributed by atoms with Gasteiger partial charge in [0.05, 0.1) is 0 Å². The molecule has 1 aromatic carbocycles. The third kappa shape index (κ3) is 4.60. The summed E-state index contributed by atoms with van der Waals surface area (Å²) in [6, 6.07) is 2.46. The number of benzene rings is 1. The smallest absolute Gasteiger partial charge is 0.305 e. The molecule has 0 saturated heterocycles. The van der Waals surface area contributed by atoms with Gasteiger partial charge in [0.25, 0.3) is 0 Å². The highest BCUT2D eigenvalue weighted by atomic mass is 19.3. The van der Waals surface area contributed by atoms with Crippen LogP contribution in [0.4, 0.5) is 17.6 Å². The maximum Gasteiger partial charge on any atom is 0.305 e. The Kier molecular flexibility index (Phi) is 6.25. The van der Waals surface area contributed by atoms with Gasteiger partial charge in [0.1, 0.15) is 0 Å². The summed E-state index contributed by atoms with van der Waals surface area (Å²) >= 11 is 0. The first-order chi connectivity index (χ1) is 12.4. The Morgan fingerprint density at radius 3 is 1.88 bits per heavy atom. The van der Waals surface area contributed by atoms with Gasteiger partial charge in [0, 0.05) is 0 Å². The highest BCUT2D eigenvalue weighted by Gasteiger charge is 2.31. The van der Waals surface area contributed by atoms with Crippen LogP contribution in [-0.4, -0.2) is 0 Å². The van der Waals surface area contributed by atoms with Crippen LogP contribution in [0.5, 0.6) is 5.75 Å². The van der Waals surface area contributed by atoms with E-state index in [0.717, 1.165) is 43.4 Å². The molecule has 3 rings (SSSR count). The van der Waals surface area contributed by atoms with E-state index in [1.165, 1.54) is 37.8 Å². The molecule has 1 aromatic rings. The van der Waals surface area contributed by atoms with Crippen molar-refractivity contribution in [1.82, 2.24) is 0 Å². The minimum absolute atomic E-state index is 0.0530. The molecule has 0 spiro atoms. The van der Waals surface area contributed by atoms with Gasteiger partial charge >= 0.3 is 6.08 Å². The number of rotatable bonds is 4. The number of hydrogen-bond acceptors (Lipinski definition) is 1. The number of halogens is 4. The van der Waals surface area contributed by atoms with Crippen molar-refractivity contribution in [3.63, 3.8) is 0 Å². The standard InChI is InChI=1S/C21H26F4O/c1-13-2-4-14(5-3-13)15-6-8-16(9-7-15)17-10-18(22)21(19(23)11-17)26-12-20(24)25/h10-16H,2-9H2,1H3/t13-,14-,15?,16?. The fourth-order valence-corrected chi connectivity index (χ4v) is 4.71. The lowest BCUT2D eigenvalue weighted by atomic mass is 9.68. The summed E-state index contributed by atoms with van der Waals surface area (Å²) in [6.07, 6.45) is 7.22. The average molecular weight is 370 g/mol. The van der Waals surface area contributed by atoms with Crippen LogP contribution in [-0.2, 0) is 0 Å². The SMILES string of the molecule is C[C@H]1CC[C@H](C2CCC(c3cc(F)c(OC=C(F)F)c(F)c3)CC2)CC1. The zero-order valence-corrected chi connectivity index (χ0v) is 15.1. The van der Waals surface area contributed by atoms with Crippen LogP contribution in [0.1, 0.15) is 69.8 Å². The molecule has 0 radical (unpaired) electrons. The van der Waals surface area contributed by atoms with Crippen molar-refractivity contribution in [1.29, 1.82) is 0 Å². The van der Waals surface area contributed by atoms with Crippen molar-refractivity contribution >= 4 is 0 Å². The summed E-state index contributed by atoms with van der Waals surface area (Å²) in [7, 11) is 0. The van der Waals surface area contributed by atoms with Gasteiger partial charge < -0.3 is 4.74 Å². The molecule has 2 fully saturated rings.